The second kappa shape index (κ2) is 6.49. The van der Waals surface area contributed by atoms with Gasteiger partial charge in [0.05, 0.1) is 6.61 Å². The molecule has 0 saturated carbocycles. The van der Waals surface area contributed by atoms with E-state index in [9.17, 15) is 0 Å². The fourth-order valence-corrected chi connectivity index (χ4v) is 2.25. The molecule has 102 valence electrons. The third kappa shape index (κ3) is 3.90. The molecular weight excluding hydrogens is 260 g/mol. The molecule has 3 N–H and O–H groups in total. The van der Waals surface area contributed by atoms with E-state index in [-0.39, 0.29) is 5.92 Å². The number of hydrogen-bond donors (Lipinski definition) is 2. The summed E-state index contributed by atoms with van der Waals surface area (Å²) in [6.07, 6.45) is 0.879. The molecule has 2 rings (SSSR count). The van der Waals surface area contributed by atoms with Crippen molar-refractivity contribution in [1.82, 2.24) is 9.97 Å². The first-order valence-corrected chi connectivity index (χ1v) is 7.08. The van der Waals surface area contributed by atoms with Crippen LogP contribution in [-0.2, 0) is 6.42 Å². The summed E-state index contributed by atoms with van der Waals surface area (Å²) in [5.41, 5.74) is 2.54. The zero-order chi connectivity index (χ0) is 13.7. The number of anilines is 1. The van der Waals surface area contributed by atoms with E-state index in [1.165, 1.54) is 4.88 Å². The average molecular weight is 278 g/mol. The van der Waals surface area contributed by atoms with Crippen LogP contribution in [0.2, 0.25) is 0 Å². The van der Waals surface area contributed by atoms with Crippen molar-refractivity contribution in [3.05, 3.63) is 34.3 Å². The van der Waals surface area contributed by atoms with E-state index in [1.807, 2.05) is 19.9 Å². The molecule has 0 bridgehead atoms. The Hall–Kier alpha value is -1.66. The van der Waals surface area contributed by atoms with Crippen molar-refractivity contribution in [2.24, 2.45) is 5.84 Å². The minimum absolute atomic E-state index is 0.230. The molecular formula is C13H18N4OS. The largest absolute Gasteiger partial charge is 0.477 e. The first kappa shape index (κ1) is 13.8. The van der Waals surface area contributed by atoms with Crippen molar-refractivity contribution < 1.29 is 4.74 Å². The highest BCUT2D eigenvalue weighted by Gasteiger charge is 2.08. The van der Waals surface area contributed by atoms with Gasteiger partial charge in [-0.15, -0.1) is 11.3 Å². The monoisotopic (exact) mass is 278 g/mol. The second-order valence-electron chi connectivity index (χ2n) is 4.43. The topological polar surface area (TPSA) is 73.1 Å². The number of thiophene rings is 1. The van der Waals surface area contributed by atoms with Crippen molar-refractivity contribution in [2.75, 3.05) is 12.0 Å². The lowest BCUT2D eigenvalue weighted by Gasteiger charge is -2.10. The molecule has 0 unspecified atom stereocenters. The molecule has 0 spiro atoms. The number of hydrazine groups is 1. The van der Waals surface area contributed by atoms with Gasteiger partial charge >= 0.3 is 0 Å². The predicted molar refractivity (Wildman–Crippen MR) is 77.4 cm³/mol. The maximum Gasteiger partial charge on any atom is 0.218 e. The third-order valence-electron chi connectivity index (χ3n) is 2.56. The molecule has 0 radical (unpaired) electrons. The van der Waals surface area contributed by atoms with E-state index < -0.39 is 0 Å². The van der Waals surface area contributed by atoms with Gasteiger partial charge in [-0.2, -0.15) is 4.98 Å². The van der Waals surface area contributed by atoms with Gasteiger partial charge in [0.2, 0.25) is 5.88 Å². The van der Waals surface area contributed by atoms with E-state index in [4.69, 9.17) is 10.6 Å². The molecule has 2 aromatic heterocycles. The van der Waals surface area contributed by atoms with Crippen LogP contribution in [0.4, 0.5) is 5.82 Å². The van der Waals surface area contributed by atoms with E-state index in [2.05, 4.69) is 26.8 Å². The Morgan fingerprint density at radius 3 is 2.89 bits per heavy atom. The normalized spacial score (nSPS) is 10.7. The van der Waals surface area contributed by atoms with Crippen LogP contribution in [0.3, 0.4) is 0 Å². The fraction of sp³-hybridized carbons (Fsp3) is 0.385. The third-order valence-corrected chi connectivity index (χ3v) is 3.50. The number of hydrogen-bond acceptors (Lipinski definition) is 6. The summed E-state index contributed by atoms with van der Waals surface area (Å²) in [4.78, 5) is 9.96. The van der Waals surface area contributed by atoms with Crippen LogP contribution in [0.15, 0.2) is 23.6 Å². The quantitative estimate of drug-likeness (QED) is 0.627. The zero-order valence-corrected chi connectivity index (χ0v) is 11.9. The van der Waals surface area contributed by atoms with Crippen molar-refractivity contribution in [3.8, 4) is 5.88 Å². The Bertz CT molecular complexity index is 513. The summed E-state index contributed by atoms with van der Waals surface area (Å²) >= 11 is 1.73. The van der Waals surface area contributed by atoms with Gasteiger partial charge in [-0.25, -0.2) is 10.8 Å². The highest BCUT2D eigenvalue weighted by Crippen LogP contribution is 2.18. The Labute approximate surface area is 116 Å². The Morgan fingerprint density at radius 1 is 1.42 bits per heavy atom. The van der Waals surface area contributed by atoms with E-state index in [0.29, 0.717) is 18.3 Å². The molecule has 0 aliphatic rings. The fourth-order valence-electron chi connectivity index (χ4n) is 1.56. The SMILES string of the molecule is CC(C)c1nc(NN)cc(OCCc2cccs2)n1. The smallest absolute Gasteiger partial charge is 0.218 e. The summed E-state index contributed by atoms with van der Waals surface area (Å²) in [6, 6.07) is 5.85. The van der Waals surface area contributed by atoms with Gasteiger partial charge in [0, 0.05) is 23.3 Å². The number of aromatic nitrogens is 2. The van der Waals surface area contributed by atoms with Crippen LogP contribution in [0.25, 0.3) is 0 Å². The van der Waals surface area contributed by atoms with E-state index in [0.717, 1.165) is 12.2 Å². The molecule has 0 atom stereocenters. The lowest BCUT2D eigenvalue weighted by atomic mass is 10.2. The van der Waals surface area contributed by atoms with Gasteiger partial charge in [-0.1, -0.05) is 19.9 Å². The highest BCUT2D eigenvalue weighted by atomic mass is 32.1. The summed E-state index contributed by atoms with van der Waals surface area (Å²) in [5, 5.41) is 2.06. The van der Waals surface area contributed by atoms with Gasteiger partial charge in [-0.05, 0) is 11.4 Å². The molecule has 6 heteroatoms. The molecule has 2 heterocycles. The summed E-state index contributed by atoms with van der Waals surface area (Å²) in [7, 11) is 0. The number of nitrogens with zero attached hydrogens (tertiary/aromatic N) is 2. The van der Waals surface area contributed by atoms with Gasteiger partial charge in [0.25, 0.3) is 0 Å². The molecule has 0 aliphatic carbocycles. The summed E-state index contributed by atoms with van der Waals surface area (Å²) in [5.74, 6) is 7.49. The number of ether oxygens (including phenoxy) is 1. The molecule has 0 fully saturated rings. The first-order chi connectivity index (χ1) is 9.19. The second-order valence-corrected chi connectivity index (χ2v) is 5.46. The molecule has 5 nitrogen and oxygen atoms in total. The summed E-state index contributed by atoms with van der Waals surface area (Å²) in [6.45, 7) is 4.66. The van der Waals surface area contributed by atoms with Crippen LogP contribution in [0.1, 0.15) is 30.5 Å². The lowest BCUT2D eigenvalue weighted by Crippen LogP contribution is -2.12. The van der Waals surface area contributed by atoms with Crippen LogP contribution in [-0.4, -0.2) is 16.6 Å². The van der Waals surface area contributed by atoms with Crippen LogP contribution in [0, 0.1) is 0 Å². The Morgan fingerprint density at radius 2 is 2.26 bits per heavy atom. The minimum atomic E-state index is 0.230. The summed E-state index contributed by atoms with van der Waals surface area (Å²) < 4.78 is 5.67. The van der Waals surface area contributed by atoms with E-state index >= 15 is 0 Å². The van der Waals surface area contributed by atoms with Gasteiger partial charge < -0.3 is 10.2 Å². The molecule has 19 heavy (non-hydrogen) atoms. The maximum atomic E-state index is 5.67. The van der Waals surface area contributed by atoms with Crippen LogP contribution >= 0.6 is 11.3 Å². The standard InChI is InChI=1S/C13H18N4OS/c1-9(2)13-15-11(17-14)8-12(16-13)18-6-5-10-4-3-7-19-10/h3-4,7-9H,5-6,14H2,1-2H3,(H,15,16,17). The van der Waals surface area contributed by atoms with Crippen molar-refractivity contribution in [1.29, 1.82) is 0 Å². The Kier molecular flexibility index (Phi) is 4.70. The van der Waals surface area contributed by atoms with Crippen molar-refractivity contribution in [2.45, 2.75) is 26.2 Å². The lowest BCUT2D eigenvalue weighted by molar-refractivity contribution is 0.308. The highest BCUT2D eigenvalue weighted by molar-refractivity contribution is 7.09. The van der Waals surface area contributed by atoms with Gasteiger partial charge in [0.15, 0.2) is 0 Å². The molecule has 2 aromatic rings. The van der Waals surface area contributed by atoms with Gasteiger partial charge in [-0.3, -0.25) is 0 Å². The van der Waals surface area contributed by atoms with Crippen LogP contribution in [0.5, 0.6) is 5.88 Å². The number of nitrogens with two attached hydrogens (primary N) is 1. The minimum Gasteiger partial charge on any atom is -0.477 e. The number of rotatable bonds is 6. The van der Waals surface area contributed by atoms with Crippen molar-refractivity contribution >= 4 is 17.2 Å². The molecule has 0 aromatic carbocycles. The average Bonchev–Trinajstić information content (AvgIpc) is 2.91. The zero-order valence-electron chi connectivity index (χ0n) is 11.1. The van der Waals surface area contributed by atoms with E-state index in [1.54, 1.807) is 17.4 Å². The molecule has 0 saturated heterocycles. The predicted octanol–water partition coefficient (Wildman–Crippen LogP) is 2.57. The van der Waals surface area contributed by atoms with Crippen LogP contribution < -0.4 is 16.0 Å². The number of nitrogens with one attached hydrogen (secondary N) is 1. The molecule has 0 aliphatic heterocycles. The van der Waals surface area contributed by atoms with Gasteiger partial charge in [0.1, 0.15) is 11.6 Å². The number of nitrogen functional groups attached to an aromatic ring is 1. The molecule has 0 amide bonds. The Balaban J connectivity index is 2.00. The maximum absolute atomic E-state index is 5.67. The van der Waals surface area contributed by atoms with Crippen molar-refractivity contribution in [3.63, 3.8) is 0 Å². The first-order valence-electron chi connectivity index (χ1n) is 6.20.